The predicted molar refractivity (Wildman–Crippen MR) is 153 cm³/mol. The van der Waals surface area contributed by atoms with E-state index in [0.717, 1.165) is 27.8 Å². The average molecular weight is 502 g/mol. The Morgan fingerprint density at radius 2 is 1.29 bits per heavy atom. The largest absolute Gasteiger partial charge is 0.468 e. The maximum atomic E-state index is 13.1. The number of nitrogens with one attached hydrogen (secondary N) is 1. The molecule has 0 saturated heterocycles. The highest BCUT2D eigenvalue weighted by Crippen LogP contribution is 2.37. The highest BCUT2D eigenvalue weighted by atomic mass is 16.5. The summed E-state index contributed by atoms with van der Waals surface area (Å²) < 4.78 is 5.17. The van der Waals surface area contributed by atoms with Gasteiger partial charge in [-0.15, -0.1) is 0 Å². The number of carbonyl (C=O) groups excluding carboxylic acids is 2. The molecular weight excluding hydrogens is 470 g/mol. The zero-order valence-corrected chi connectivity index (χ0v) is 21.4. The summed E-state index contributed by atoms with van der Waals surface area (Å²) in [4.78, 5) is 26.2. The fourth-order valence-electron chi connectivity index (χ4n) is 4.66. The van der Waals surface area contributed by atoms with Crippen LogP contribution < -0.4 is 5.32 Å². The zero-order valence-electron chi connectivity index (χ0n) is 21.4. The number of esters is 1. The maximum absolute atomic E-state index is 13.1. The zero-order chi connectivity index (χ0) is 26.8. The Kier molecular flexibility index (Phi) is 8.81. The van der Waals surface area contributed by atoms with E-state index in [0.29, 0.717) is 0 Å². The van der Waals surface area contributed by atoms with Crippen molar-refractivity contribution in [2.75, 3.05) is 7.11 Å². The van der Waals surface area contributed by atoms with Crippen molar-refractivity contribution in [3.63, 3.8) is 0 Å². The molecule has 0 unspecified atom stereocenters. The van der Waals surface area contributed by atoms with Crippen molar-refractivity contribution in [1.29, 1.82) is 0 Å². The molecule has 0 aromatic heterocycles. The van der Waals surface area contributed by atoms with Crippen LogP contribution >= 0.6 is 0 Å². The number of carbonyl (C=O) groups is 2. The van der Waals surface area contributed by atoms with Crippen molar-refractivity contribution in [3.8, 4) is 0 Å². The van der Waals surface area contributed by atoms with E-state index in [1.807, 2.05) is 115 Å². The third kappa shape index (κ3) is 6.05. The van der Waals surface area contributed by atoms with Crippen LogP contribution in [0.25, 0.3) is 12.2 Å². The minimum atomic E-state index is -0.912. The molecule has 4 heteroatoms. The third-order valence-corrected chi connectivity index (χ3v) is 6.51. The molecule has 0 saturated carbocycles. The molecule has 190 valence electrons. The quantitative estimate of drug-likeness (QED) is 0.146. The number of hydrogen-bond acceptors (Lipinski definition) is 4. The monoisotopic (exact) mass is 501 g/mol. The van der Waals surface area contributed by atoms with Gasteiger partial charge in [-0.1, -0.05) is 128 Å². The molecule has 0 radical (unpaired) electrons. The second-order valence-corrected chi connectivity index (χ2v) is 8.95. The summed E-state index contributed by atoms with van der Waals surface area (Å²) in [6.45, 7) is 3.79. The summed E-state index contributed by atoms with van der Waals surface area (Å²) >= 11 is 0. The summed E-state index contributed by atoms with van der Waals surface area (Å²) in [5, 5.41) is 3.57. The first kappa shape index (κ1) is 26.5. The lowest BCUT2D eigenvalue weighted by molar-refractivity contribution is -0.144. The Morgan fingerprint density at radius 3 is 1.76 bits per heavy atom. The van der Waals surface area contributed by atoms with Crippen molar-refractivity contribution in [1.82, 2.24) is 5.32 Å². The van der Waals surface area contributed by atoms with Crippen molar-refractivity contribution >= 4 is 23.9 Å². The van der Waals surface area contributed by atoms with Crippen LogP contribution in [0, 0.1) is 0 Å². The van der Waals surface area contributed by atoms with Crippen molar-refractivity contribution in [3.05, 3.63) is 156 Å². The first-order chi connectivity index (χ1) is 18.6. The first-order valence-electron chi connectivity index (χ1n) is 12.5. The van der Waals surface area contributed by atoms with Gasteiger partial charge in [-0.3, -0.25) is 14.9 Å². The fraction of sp³-hybridized carbons (Fsp3) is 0.118. The van der Waals surface area contributed by atoms with E-state index in [1.54, 1.807) is 12.2 Å². The van der Waals surface area contributed by atoms with Gasteiger partial charge >= 0.3 is 5.97 Å². The van der Waals surface area contributed by atoms with Crippen LogP contribution in [0.15, 0.2) is 128 Å². The molecule has 1 N–H and O–H groups in total. The molecule has 0 fully saturated rings. The van der Waals surface area contributed by atoms with E-state index < -0.39 is 17.6 Å². The minimum Gasteiger partial charge on any atom is -0.468 e. The molecular formula is C34H31NO3. The lowest BCUT2D eigenvalue weighted by atomic mass is 9.76. The first-order valence-corrected chi connectivity index (χ1v) is 12.5. The topological polar surface area (TPSA) is 55.4 Å². The van der Waals surface area contributed by atoms with E-state index in [1.165, 1.54) is 13.2 Å². The van der Waals surface area contributed by atoms with Gasteiger partial charge in [-0.25, -0.2) is 0 Å². The molecule has 4 nitrogen and oxygen atoms in total. The van der Waals surface area contributed by atoms with E-state index in [-0.39, 0.29) is 12.2 Å². The van der Waals surface area contributed by atoms with Gasteiger partial charge in [0.05, 0.1) is 12.6 Å². The van der Waals surface area contributed by atoms with E-state index in [9.17, 15) is 9.59 Å². The molecule has 38 heavy (non-hydrogen) atoms. The third-order valence-electron chi connectivity index (χ3n) is 6.51. The van der Waals surface area contributed by atoms with Gasteiger partial charge in [0.2, 0.25) is 0 Å². The Balaban J connectivity index is 1.75. The van der Waals surface area contributed by atoms with E-state index in [4.69, 9.17) is 4.74 Å². The second-order valence-electron chi connectivity index (χ2n) is 8.95. The molecule has 4 aromatic carbocycles. The van der Waals surface area contributed by atoms with Gasteiger partial charge < -0.3 is 4.74 Å². The number of methoxy groups -OCH3 is 1. The molecule has 1 atom stereocenters. The van der Waals surface area contributed by atoms with Crippen molar-refractivity contribution in [2.45, 2.75) is 18.0 Å². The van der Waals surface area contributed by atoms with Crippen LogP contribution in [0.3, 0.4) is 0 Å². The summed E-state index contributed by atoms with van der Waals surface area (Å²) in [6, 6.07) is 36.6. The summed E-state index contributed by atoms with van der Waals surface area (Å²) in [6.07, 6.45) is 4.95. The maximum Gasteiger partial charge on any atom is 0.323 e. The van der Waals surface area contributed by atoms with Crippen LogP contribution in [-0.2, 0) is 19.9 Å². The van der Waals surface area contributed by atoms with Gasteiger partial charge in [0.1, 0.15) is 6.04 Å². The highest BCUT2D eigenvalue weighted by molar-refractivity contribution is 5.96. The SMILES string of the molecule is C=Cc1cccc(/C=C/C(=O)C[C@H](NC(c2ccccc2)(c2ccccc2)c2ccccc2)C(=O)OC)c1. The molecule has 4 rings (SSSR count). The van der Waals surface area contributed by atoms with Gasteiger partial charge in [-0.05, 0) is 40.0 Å². The molecule has 0 amide bonds. The van der Waals surface area contributed by atoms with Crippen LogP contribution in [0.4, 0.5) is 0 Å². The van der Waals surface area contributed by atoms with Gasteiger partial charge in [0, 0.05) is 6.42 Å². The summed E-state index contributed by atoms with van der Waals surface area (Å²) in [5.41, 5.74) is 3.75. The Bertz CT molecular complexity index is 1300. The van der Waals surface area contributed by atoms with E-state index >= 15 is 0 Å². The number of rotatable bonds is 11. The molecule has 0 spiro atoms. The Labute approximate surface area is 224 Å². The molecule has 0 aliphatic rings. The van der Waals surface area contributed by atoms with Crippen LogP contribution in [-0.4, -0.2) is 24.9 Å². The molecule has 0 heterocycles. The second kappa shape index (κ2) is 12.6. The molecule has 0 aliphatic heterocycles. The highest BCUT2D eigenvalue weighted by Gasteiger charge is 2.40. The van der Waals surface area contributed by atoms with Crippen molar-refractivity contribution < 1.29 is 14.3 Å². The molecule has 0 bridgehead atoms. The van der Waals surface area contributed by atoms with Gasteiger partial charge in [0.25, 0.3) is 0 Å². The Hall–Kier alpha value is -4.54. The minimum absolute atomic E-state index is 0.0709. The summed E-state index contributed by atoms with van der Waals surface area (Å²) in [5.74, 6) is -0.701. The standard InChI is InChI=1S/C34H31NO3/c1-3-26-14-13-15-27(24-26)22-23-31(36)25-32(33(37)38-2)35-34(28-16-7-4-8-17-28,29-18-9-5-10-19-29)30-20-11-6-12-21-30/h3-24,32,35H,1,25H2,2H3/b23-22+/t32-/m0/s1. The van der Waals surface area contributed by atoms with Crippen LogP contribution in [0.1, 0.15) is 34.2 Å². The van der Waals surface area contributed by atoms with Crippen LogP contribution in [0.2, 0.25) is 0 Å². The number of hydrogen-bond donors (Lipinski definition) is 1. The van der Waals surface area contributed by atoms with Gasteiger partial charge in [0.15, 0.2) is 5.78 Å². The normalized spacial score (nSPS) is 12.1. The van der Waals surface area contributed by atoms with E-state index in [2.05, 4.69) is 11.9 Å². The lowest BCUT2D eigenvalue weighted by Gasteiger charge is -2.39. The molecule has 0 aliphatic carbocycles. The predicted octanol–water partition coefficient (Wildman–Crippen LogP) is 6.43. The number of ether oxygens (including phenoxy) is 1. The Morgan fingerprint density at radius 1 is 0.789 bits per heavy atom. The van der Waals surface area contributed by atoms with Crippen molar-refractivity contribution in [2.24, 2.45) is 0 Å². The molecule has 4 aromatic rings. The smallest absolute Gasteiger partial charge is 0.323 e. The van der Waals surface area contributed by atoms with Gasteiger partial charge in [-0.2, -0.15) is 0 Å². The fourth-order valence-corrected chi connectivity index (χ4v) is 4.66. The number of ketones is 1. The number of allylic oxidation sites excluding steroid dienone is 1. The summed E-state index contributed by atoms with van der Waals surface area (Å²) in [7, 11) is 1.34. The van der Waals surface area contributed by atoms with Crippen LogP contribution in [0.5, 0.6) is 0 Å². The average Bonchev–Trinajstić information content (AvgIpc) is 2.99. The lowest BCUT2D eigenvalue weighted by Crippen LogP contribution is -2.53. The number of benzene rings is 4.